The van der Waals surface area contributed by atoms with Crippen molar-refractivity contribution in [3.05, 3.63) is 42.5 Å². The molecule has 0 aliphatic heterocycles. The molecule has 24 heavy (non-hydrogen) atoms. The zero-order chi connectivity index (χ0) is 17.6. The second kappa shape index (κ2) is 6.66. The number of anilines is 1. The molecule has 0 saturated heterocycles. The highest BCUT2D eigenvalue weighted by Crippen LogP contribution is 2.63. The molecule has 1 saturated carbocycles. The van der Waals surface area contributed by atoms with Crippen molar-refractivity contribution in [2.24, 2.45) is 27.8 Å². The molecule has 116 valence electrons. The second-order valence-corrected chi connectivity index (χ2v) is 5.40. The smallest absolute Gasteiger partial charge is 0.184 e. The molecule has 0 heterocycles. The Hall–Kier alpha value is -3.61. The Morgan fingerprint density at radius 1 is 0.958 bits per heavy atom. The largest absolute Gasteiger partial charge is 0.279 e. The van der Waals surface area contributed by atoms with Gasteiger partial charge in [0.1, 0.15) is 0 Å². The average Bonchev–Trinajstić information content (AvgIpc) is 2.63. The maximum Gasteiger partial charge on any atom is 0.184 e. The van der Waals surface area contributed by atoms with Gasteiger partial charge in [-0.05, 0) is 19.1 Å². The molecule has 0 bridgehead atoms. The predicted octanol–water partition coefficient (Wildman–Crippen LogP) is 2.97. The van der Waals surface area contributed by atoms with Gasteiger partial charge in [-0.2, -0.15) is 26.1 Å². The second-order valence-electron chi connectivity index (χ2n) is 5.40. The van der Waals surface area contributed by atoms with Crippen LogP contribution in [0.3, 0.4) is 0 Å². The van der Waals surface area contributed by atoms with Crippen molar-refractivity contribution >= 4 is 11.9 Å². The van der Waals surface area contributed by atoms with Gasteiger partial charge in [0, 0.05) is 18.1 Å². The molecule has 1 aromatic rings. The summed E-state index contributed by atoms with van der Waals surface area (Å²) in [7, 11) is 0. The predicted molar refractivity (Wildman–Crippen MR) is 87.7 cm³/mol. The molecule has 2 unspecified atom stereocenters. The van der Waals surface area contributed by atoms with Gasteiger partial charge in [0.15, 0.2) is 10.8 Å². The van der Waals surface area contributed by atoms with Gasteiger partial charge in [0.25, 0.3) is 0 Å². The van der Waals surface area contributed by atoms with E-state index in [4.69, 9.17) is 0 Å². The number of allylic oxidation sites excluding steroid dienone is 2. The summed E-state index contributed by atoms with van der Waals surface area (Å²) in [4.78, 5) is 0. The minimum atomic E-state index is -1.75. The maximum absolute atomic E-state index is 9.53. The molecule has 1 aliphatic rings. The van der Waals surface area contributed by atoms with E-state index in [1.54, 1.807) is 19.1 Å². The summed E-state index contributed by atoms with van der Waals surface area (Å²) >= 11 is 0. The van der Waals surface area contributed by atoms with Crippen LogP contribution in [0.2, 0.25) is 0 Å². The molecule has 1 fully saturated rings. The average molecular weight is 314 g/mol. The number of benzene rings is 1. The van der Waals surface area contributed by atoms with Crippen molar-refractivity contribution in [1.29, 1.82) is 21.0 Å². The lowest BCUT2D eigenvalue weighted by atomic mass is 9.40. The van der Waals surface area contributed by atoms with Crippen LogP contribution < -0.4 is 5.43 Å². The van der Waals surface area contributed by atoms with E-state index in [0.717, 1.165) is 5.69 Å². The van der Waals surface area contributed by atoms with Gasteiger partial charge in [-0.25, -0.2) is 0 Å². The van der Waals surface area contributed by atoms with Crippen LogP contribution in [0.15, 0.2) is 47.6 Å². The van der Waals surface area contributed by atoms with Crippen molar-refractivity contribution in [3.63, 3.8) is 0 Å². The van der Waals surface area contributed by atoms with Crippen LogP contribution in [-0.2, 0) is 0 Å². The molecule has 1 aromatic carbocycles. The third-order valence-corrected chi connectivity index (χ3v) is 4.32. The highest BCUT2D eigenvalue weighted by Gasteiger charge is 2.74. The quantitative estimate of drug-likeness (QED) is 0.520. The number of hydrazone groups is 1. The van der Waals surface area contributed by atoms with E-state index in [2.05, 4.69) is 10.5 Å². The Labute approximate surface area is 140 Å². The molecule has 6 nitrogen and oxygen atoms in total. The van der Waals surface area contributed by atoms with E-state index < -0.39 is 22.7 Å². The van der Waals surface area contributed by atoms with Crippen molar-refractivity contribution in [3.8, 4) is 24.3 Å². The summed E-state index contributed by atoms with van der Waals surface area (Å²) in [5.74, 6) is -1.22. The lowest BCUT2D eigenvalue weighted by molar-refractivity contribution is 0.0236. The van der Waals surface area contributed by atoms with Crippen molar-refractivity contribution in [2.45, 2.75) is 6.92 Å². The minimum absolute atomic E-state index is 0.571. The molecule has 0 radical (unpaired) electrons. The third kappa shape index (κ3) is 2.19. The van der Waals surface area contributed by atoms with Crippen LogP contribution in [0.4, 0.5) is 5.69 Å². The summed E-state index contributed by atoms with van der Waals surface area (Å²) in [6.07, 6.45) is 4.83. The monoisotopic (exact) mass is 314 g/mol. The van der Waals surface area contributed by atoms with E-state index in [-0.39, 0.29) is 0 Å². The molecular formula is C18H14N6. The standard InChI is InChI=1S/C18H14N6/c1-2-6-15-16(9-23-24-14-7-4-3-5-8-14)18(12-21,13-22)17(15,10-19)11-20/h2-9,15-16,24H,1H3/b6-2+,23-9+. The Kier molecular flexibility index (Phi) is 4.65. The Balaban J connectivity index is 2.37. The first-order chi connectivity index (χ1) is 11.7. The maximum atomic E-state index is 9.53. The number of rotatable bonds is 4. The van der Waals surface area contributed by atoms with Gasteiger partial charge in [-0.1, -0.05) is 30.4 Å². The fourth-order valence-electron chi connectivity index (χ4n) is 3.05. The van der Waals surface area contributed by atoms with Crippen LogP contribution in [0.5, 0.6) is 0 Å². The highest BCUT2D eigenvalue weighted by molar-refractivity contribution is 5.72. The first kappa shape index (κ1) is 16.8. The van der Waals surface area contributed by atoms with Crippen molar-refractivity contribution in [1.82, 2.24) is 0 Å². The Morgan fingerprint density at radius 3 is 2.00 bits per heavy atom. The molecule has 0 aromatic heterocycles. The molecule has 1 N–H and O–H groups in total. The number of nitrogens with one attached hydrogen (secondary N) is 1. The van der Waals surface area contributed by atoms with Gasteiger partial charge >= 0.3 is 0 Å². The molecule has 0 amide bonds. The van der Waals surface area contributed by atoms with E-state index in [1.165, 1.54) is 6.21 Å². The van der Waals surface area contributed by atoms with Gasteiger partial charge in [-0.15, -0.1) is 0 Å². The molecule has 2 atom stereocenters. The number of nitriles is 4. The van der Waals surface area contributed by atoms with Crippen LogP contribution in [0, 0.1) is 68.0 Å². The van der Waals surface area contributed by atoms with E-state index in [9.17, 15) is 21.0 Å². The minimum Gasteiger partial charge on any atom is -0.279 e. The lowest BCUT2D eigenvalue weighted by Gasteiger charge is -2.53. The fraction of sp³-hybridized carbons (Fsp3) is 0.278. The normalized spacial score (nSPS) is 23.4. The summed E-state index contributed by atoms with van der Waals surface area (Å²) in [6.45, 7) is 1.76. The summed E-state index contributed by atoms with van der Waals surface area (Å²) in [5.41, 5.74) is 0.119. The summed E-state index contributed by atoms with van der Waals surface area (Å²) < 4.78 is 0. The first-order valence-electron chi connectivity index (χ1n) is 7.27. The van der Waals surface area contributed by atoms with Crippen LogP contribution in [0.25, 0.3) is 0 Å². The molecular weight excluding hydrogens is 300 g/mol. The number of nitrogens with zero attached hydrogens (tertiary/aromatic N) is 5. The first-order valence-corrected chi connectivity index (χ1v) is 7.27. The SMILES string of the molecule is C/C=C/C1C(/C=N/Nc2ccccc2)C(C#N)(C#N)C1(C#N)C#N. The van der Waals surface area contributed by atoms with Crippen molar-refractivity contribution < 1.29 is 0 Å². The third-order valence-electron chi connectivity index (χ3n) is 4.32. The van der Waals surface area contributed by atoms with Crippen LogP contribution in [-0.4, -0.2) is 6.21 Å². The molecule has 0 spiro atoms. The lowest BCUT2D eigenvalue weighted by Crippen LogP contribution is -2.63. The summed E-state index contributed by atoms with van der Waals surface area (Å²) in [6, 6.07) is 16.7. The zero-order valence-corrected chi connectivity index (χ0v) is 13.0. The van der Waals surface area contributed by atoms with Crippen molar-refractivity contribution in [2.75, 3.05) is 5.43 Å². The van der Waals surface area contributed by atoms with Crippen LogP contribution in [0.1, 0.15) is 6.92 Å². The number of para-hydroxylation sites is 1. The Morgan fingerprint density at radius 2 is 1.50 bits per heavy atom. The van der Waals surface area contributed by atoms with Gasteiger partial charge in [-0.3, -0.25) is 5.43 Å². The molecule has 6 heteroatoms. The van der Waals surface area contributed by atoms with Gasteiger partial charge in [0.2, 0.25) is 0 Å². The molecule has 2 rings (SSSR count). The van der Waals surface area contributed by atoms with Gasteiger partial charge in [0.05, 0.1) is 30.0 Å². The van der Waals surface area contributed by atoms with Gasteiger partial charge < -0.3 is 0 Å². The Bertz CT molecular complexity index is 797. The topological polar surface area (TPSA) is 120 Å². The molecule has 1 aliphatic carbocycles. The van der Waals surface area contributed by atoms with Crippen LogP contribution >= 0.6 is 0 Å². The van der Waals surface area contributed by atoms with E-state index in [1.807, 2.05) is 54.6 Å². The van der Waals surface area contributed by atoms with E-state index in [0.29, 0.717) is 0 Å². The van der Waals surface area contributed by atoms with E-state index >= 15 is 0 Å². The fourth-order valence-corrected chi connectivity index (χ4v) is 3.05. The highest BCUT2D eigenvalue weighted by atomic mass is 15.3. The number of hydrogen-bond donors (Lipinski definition) is 1. The summed E-state index contributed by atoms with van der Waals surface area (Å²) in [5, 5.41) is 42.1. The number of hydrogen-bond acceptors (Lipinski definition) is 6. The zero-order valence-electron chi connectivity index (χ0n) is 13.0.